The number of carbonyl (C=O) groups is 1. The summed E-state index contributed by atoms with van der Waals surface area (Å²) in [6.07, 6.45) is 2.76. The highest BCUT2D eigenvalue weighted by Crippen LogP contribution is 2.10. The summed E-state index contributed by atoms with van der Waals surface area (Å²) < 4.78 is 5.48. The van der Waals surface area contributed by atoms with E-state index in [9.17, 15) is 9.59 Å². The molecule has 0 aliphatic carbocycles. The maximum absolute atomic E-state index is 12.2. The lowest BCUT2D eigenvalue weighted by Gasteiger charge is -2.34. The van der Waals surface area contributed by atoms with Crippen LogP contribution in [-0.4, -0.2) is 47.6 Å². The average Bonchev–Trinajstić information content (AvgIpc) is 2.38. The van der Waals surface area contributed by atoms with Gasteiger partial charge in [-0.05, 0) is 6.92 Å². The van der Waals surface area contributed by atoms with Crippen LogP contribution in [0.1, 0.15) is 17.3 Å². The number of hydrogen-bond donors (Lipinski definition) is 2. The van der Waals surface area contributed by atoms with E-state index in [4.69, 9.17) is 10.5 Å². The van der Waals surface area contributed by atoms with E-state index < -0.39 is 0 Å². The number of carbonyl (C=O) groups excluding carboxylic acids is 1. The third-order valence-electron chi connectivity index (χ3n) is 3.02. The molecule has 0 spiro atoms. The molecule has 3 N–H and O–H groups in total. The normalized spacial score (nSPS) is 21.7. The topological polar surface area (TPSA) is 88.4 Å². The van der Waals surface area contributed by atoms with Gasteiger partial charge in [0.25, 0.3) is 5.91 Å². The van der Waals surface area contributed by atoms with Gasteiger partial charge in [-0.3, -0.25) is 9.59 Å². The van der Waals surface area contributed by atoms with Crippen molar-refractivity contribution < 1.29 is 9.53 Å². The lowest BCUT2D eigenvalue weighted by Crippen LogP contribution is -2.52. The maximum Gasteiger partial charge on any atom is 0.259 e. The zero-order valence-corrected chi connectivity index (χ0v) is 10.3. The van der Waals surface area contributed by atoms with Crippen LogP contribution in [0.2, 0.25) is 0 Å². The van der Waals surface area contributed by atoms with Crippen LogP contribution >= 0.6 is 0 Å². The van der Waals surface area contributed by atoms with Crippen LogP contribution in [0.25, 0.3) is 0 Å². The smallest absolute Gasteiger partial charge is 0.259 e. The predicted octanol–water partition coefficient (Wildman–Crippen LogP) is -0.437. The molecule has 2 rings (SSSR count). The van der Waals surface area contributed by atoms with Crippen molar-refractivity contribution in [2.45, 2.75) is 19.1 Å². The zero-order chi connectivity index (χ0) is 13.1. The zero-order valence-electron chi connectivity index (χ0n) is 10.3. The predicted molar refractivity (Wildman–Crippen MR) is 66.4 cm³/mol. The van der Waals surface area contributed by atoms with Crippen LogP contribution in [0.15, 0.2) is 23.3 Å². The van der Waals surface area contributed by atoms with Gasteiger partial charge in [-0.25, -0.2) is 0 Å². The lowest BCUT2D eigenvalue weighted by molar-refractivity contribution is -0.0300. The Labute approximate surface area is 105 Å². The number of aromatic amines is 1. The van der Waals surface area contributed by atoms with Gasteiger partial charge in [0.05, 0.1) is 12.7 Å². The van der Waals surface area contributed by atoms with Crippen molar-refractivity contribution in [2.24, 2.45) is 5.73 Å². The molecular formula is C12H17N3O3. The second-order valence-corrected chi connectivity index (χ2v) is 4.44. The van der Waals surface area contributed by atoms with Gasteiger partial charge in [0.2, 0.25) is 0 Å². The molecule has 2 heterocycles. The minimum Gasteiger partial charge on any atom is -0.373 e. The second-order valence-electron chi connectivity index (χ2n) is 4.44. The standard InChI is InChI=1S/C12H17N3O3/c1-8(13)11-7-15(4-5-18-11)12(17)9-6-14-3-2-10(9)16/h2-3,6,8,11H,4-5,7,13H2,1H3,(H,14,16). The van der Waals surface area contributed by atoms with E-state index in [0.29, 0.717) is 19.7 Å². The Bertz CT molecular complexity index is 483. The summed E-state index contributed by atoms with van der Waals surface area (Å²) in [6.45, 7) is 3.19. The molecule has 6 nitrogen and oxygen atoms in total. The van der Waals surface area contributed by atoms with E-state index in [1.165, 1.54) is 18.5 Å². The number of nitrogens with zero attached hydrogens (tertiary/aromatic N) is 1. The number of morpholine rings is 1. The van der Waals surface area contributed by atoms with Gasteiger partial charge < -0.3 is 20.4 Å². The Kier molecular flexibility index (Phi) is 3.78. The van der Waals surface area contributed by atoms with Crippen molar-refractivity contribution in [3.05, 3.63) is 34.2 Å². The molecule has 1 amide bonds. The van der Waals surface area contributed by atoms with E-state index in [-0.39, 0.29) is 29.0 Å². The van der Waals surface area contributed by atoms with Gasteiger partial charge in [-0.1, -0.05) is 0 Å². The summed E-state index contributed by atoms with van der Waals surface area (Å²) in [5, 5.41) is 0. The summed E-state index contributed by atoms with van der Waals surface area (Å²) in [7, 11) is 0. The number of nitrogens with two attached hydrogens (primary N) is 1. The number of pyridine rings is 1. The van der Waals surface area contributed by atoms with Gasteiger partial charge >= 0.3 is 0 Å². The Morgan fingerprint density at radius 3 is 3.11 bits per heavy atom. The molecule has 1 aliphatic heterocycles. The van der Waals surface area contributed by atoms with Crippen LogP contribution in [0, 0.1) is 0 Å². The highest BCUT2D eigenvalue weighted by Gasteiger charge is 2.27. The molecule has 6 heteroatoms. The summed E-state index contributed by atoms with van der Waals surface area (Å²) >= 11 is 0. The molecular weight excluding hydrogens is 234 g/mol. The Hall–Kier alpha value is -1.66. The molecule has 1 aliphatic rings. The minimum absolute atomic E-state index is 0.144. The first-order chi connectivity index (χ1) is 8.59. The molecule has 1 fully saturated rings. The largest absolute Gasteiger partial charge is 0.373 e. The molecule has 1 aromatic heterocycles. The van der Waals surface area contributed by atoms with Crippen molar-refractivity contribution in [1.29, 1.82) is 0 Å². The molecule has 0 aromatic carbocycles. The molecule has 1 aromatic rings. The number of ether oxygens (including phenoxy) is 1. The fourth-order valence-corrected chi connectivity index (χ4v) is 1.93. The van der Waals surface area contributed by atoms with Gasteiger partial charge in [-0.2, -0.15) is 0 Å². The van der Waals surface area contributed by atoms with Crippen LogP contribution in [0.4, 0.5) is 0 Å². The molecule has 0 radical (unpaired) electrons. The van der Waals surface area contributed by atoms with Crippen molar-refractivity contribution in [1.82, 2.24) is 9.88 Å². The van der Waals surface area contributed by atoms with Gasteiger partial charge in [0, 0.05) is 37.6 Å². The van der Waals surface area contributed by atoms with Gasteiger partial charge in [0.15, 0.2) is 5.43 Å². The van der Waals surface area contributed by atoms with Crippen molar-refractivity contribution in [2.75, 3.05) is 19.7 Å². The Morgan fingerprint density at radius 2 is 2.44 bits per heavy atom. The highest BCUT2D eigenvalue weighted by atomic mass is 16.5. The summed E-state index contributed by atoms with van der Waals surface area (Å²) in [5.74, 6) is -0.272. The number of amides is 1. The van der Waals surface area contributed by atoms with Crippen LogP contribution in [0.5, 0.6) is 0 Å². The molecule has 2 unspecified atom stereocenters. The van der Waals surface area contributed by atoms with Crippen molar-refractivity contribution >= 4 is 5.91 Å². The van der Waals surface area contributed by atoms with E-state index >= 15 is 0 Å². The lowest BCUT2D eigenvalue weighted by atomic mass is 10.1. The van der Waals surface area contributed by atoms with E-state index in [0.717, 1.165) is 0 Å². The van der Waals surface area contributed by atoms with Crippen LogP contribution in [0.3, 0.4) is 0 Å². The van der Waals surface area contributed by atoms with Gasteiger partial charge in [-0.15, -0.1) is 0 Å². The second kappa shape index (κ2) is 5.32. The number of nitrogens with one attached hydrogen (secondary N) is 1. The third kappa shape index (κ3) is 2.60. The SMILES string of the molecule is CC(N)C1CN(C(=O)c2c[nH]ccc2=O)CCO1. The first kappa shape index (κ1) is 12.8. The van der Waals surface area contributed by atoms with Crippen LogP contribution in [-0.2, 0) is 4.74 Å². The quantitative estimate of drug-likeness (QED) is 0.746. The first-order valence-electron chi connectivity index (χ1n) is 5.93. The average molecular weight is 251 g/mol. The maximum atomic E-state index is 12.2. The van der Waals surface area contributed by atoms with Crippen molar-refractivity contribution in [3.63, 3.8) is 0 Å². The first-order valence-corrected chi connectivity index (χ1v) is 5.93. The van der Waals surface area contributed by atoms with E-state index in [2.05, 4.69) is 4.98 Å². The monoisotopic (exact) mass is 251 g/mol. The molecule has 98 valence electrons. The number of hydrogen-bond acceptors (Lipinski definition) is 4. The fraction of sp³-hybridized carbons (Fsp3) is 0.500. The molecule has 0 saturated carbocycles. The summed E-state index contributed by atoms with van der Waals surface area (Å²) in [4.78, 5) is 28.2. The van der Waals surface area contributed by atoms with E-state index in [1.807, 2.05) is 6.92 Å². The number of aromatic nitrogens is 1. The van der Waals surface area contributed by atoms with Crippen LogP contribution < -0.4 is 11.2 Å². The fourth-order valence-electron chi connectivity index (χ4n) is 1.93. The van der Waals surface area contributed by atoms with Gasteiger partial charge in [0.1, 0.15) is 5.56 Å². The van der Waals surface area contributed by atoms with E-state index in [1.54, 1.807) is 4.90 Å². The van der Waals surface area contributed by atoms with Crippen molar-refractivity contribution in [3.8, 4) is 0 Å². The summed E-state index contributed by atoms with van der Waals surface area (Å²) in [5.41, 5.74) is 5.65. The molecule has 18 heavy (non-hydrogen) atoms. The highest BCUT2D eigenvalue weighted by molar-refractivity contribution is 5.93. The Balaban J connectivity index is 2.14. The number of rotatable bonds is 2. The molecule has 0 bridgehead atoms. The molecule has 2 atom stereocenters. The third-order valence-corrected chi connectivity index (χ3v) is 3.02. The number of H-pyrrole nitrogens is 1. The summed E-state index contributed by atoms with van der Waals surface area (Å²) in [6, 6.07) is 1.20. The Morgan fingerprint density at radius 1 is 1.67 bits per heavy atom. The minimum atomic E-state index is -0.275. The molecule has 1 saturated heterocycles.